The standard InChI is InChI=1S/C17H27NO/c1-6-18-14-11-17(3,4)10-9-13-15(19-5)8-7-12(2)16(13)14/h7-8,14,18H,6,9-11H2,1-5H3. The van der Waals surface area contributed by atoms with Crippen LogP contribution in [0.1, 0.15) is 56.3 Å². The van der Waals surface area contributed by atoms with E-state index in [4.69, 9.17) is 4.74 Å². The third-order valence-electron chi connectivity index (χ3n) is 4.36. The lowest BCUT2D eigenvalue weighted by atomic mass is 9.82. The smallest absolute Gasteiger partial charge is 0.122 e. The molecule has 0 saturated carbocycles. The average molecular weight is 261 g/mol. The van der Waals surface area contributed by atoms with Crippen molar-refractivity contribution in [3.8, 4) is 5.75 Å². The molecule has 1 aliphatic carbocycles. The molecule has 2 heteroatoms. The Bertz CT molecular complexity index is 451. The van der Waals surface area contributed by atoms with Crippen LogP contribution >= 0.6 is 0 Å². The maximum Gasteiger partial charge on any atom is 0.122 e. The summed E-state index contributed by atoms with van der Waals surface area (Å²) in [4.78, 5) is 0. The van der Waals surface area contributed by atoms with E-state index in [0.29, 0.717) is 11.5 Å². The van der Waals surface area contributed by atoms with Gasteiger partial charge in [-0.15, -0.1) is 0 Å². The van der Waals surface area contributed by atoms with E-state index in [9.17, 15) is 0 Å². The molecular weight excluding hydrogens is 234 g/mol. The lowest BCUT2D eigenvalue weighted by Crippen LogP contribution is -2.26. The molecule has 0 heterocycles. The fraction of sp³-hybridized carbons (Fsp3) is 0.647. The number of aryl methyl sites for hydroxylation is 1. The molecule has 0 radical (unpaired) electrons. The van der Waals surface area contributed by atoms with Crippen LogP contribution in [0.3, 0.4) is 0 Å². The van der Waals surface area contributed by atoms with E-state index in [1.165, 1.54) is 29.5 Å². The Morgan fingerprint density at radius 2 is 2.11 bits per heavy atom. The van der Waals surface area contributed by atoms with Gasteiger partial charge < -0.3 is 10.1 Å². The number of hydrogen-bond acceptors (Lipinski definition) is 2. The van der Waals surface area contributed by atoms with Crippen molar-refractivity contribution in [2.24, 2.45) is 5.41 Å². The summed E-state index contributed by atoms with van der Waals surface area (Å²) in [6, 6.07) is 4.77. The van der Waals surface area contributed by atoms with Crippen molar-refractivity contribution >= 4 is 0 Å². The molecule has 0 bridgehead atoms. The van der Waals surface area contributed by atoms with Gasteiger partial charge in [0, 0.05) is 6.04 Å². The summed E-state index contributed by atoms with van der Waals surface area (Å²) in [5.41, 5.74) is 4.66. The van der Waals surface area contributed by atoms with Crippen molar-refractivity contribution < 1.29 is 4.74 Å². The molecule has 2 rings (SSSR count). The quantitative estimate of drug-likeness (QED) is 0.830. The van der Waals surface area contributed by atoms with E-state index in [1.807, 2.05) is 0 Å². The van der Waals surface area contributed by atoms with Gasteiger partial charge in [-0.25, -0.2) is 0 Å². The van der Waals surface area contributed by atoms with Crippen LogP contribution in [0.5, 0.6) is 5.75 Å². The second-order valence-electron chi connectivity index (χ2n) is 6.46. The topological polar surface area (TPSA) is 21.3 Å². The van der Waals surface area contributed by atoms with Crippen LogP contribution in [-0.4, -0.2) is 13.7 Å². The van der Waals surface area contributed by atoms with Crippen molar-refractivity contribution in [3.63, 3.8) is 0 Å². The molecule has 0 aromatic heterocycles. The maximum atomic E-state index is 5.59. The number of fused-ring (bicyclic) bond motifs is 1. The summed E-state index contributed by atoms with van der Waals surface area (Å²) in [6.07, 6.45) is 3.54. The predicted octanol–water partition coefficient (Wildman–Crippen LogP) is 4.02. The number of ether oxygens (including phenoxy) is 1. The Balaban J connectivity index is 2.52. The van der Waals surface area contributed by atoms with Crippen molar-refractivity contribution in [2.75, 3.05) is 13.7 Å². The Hall–Kier alpha value is -1.02. The highest BCUT2D eigenvalue weighted by molar-refractivity contribution is 5.47. The maximum absolute atomic E-state index is 5.59. The summed E-state index contributed by atoms with van der Waals surface area (Å²) >= 11 is 0. The van der Waals surface area contributed by atoms with Gasteiger partial charge in [0.25, 0.3) is 0 Å². The van der Waals surface area contributed by atoms with Gasteiger partial charge in [-0.2, -0.15) is 0 Å². The highest BCUT2D eigenvalue weighted by Gasteiger charge is 2.31. The van der Waals surface area contributed by atoms with Crippen molar-refractivity contribution in [1.29, 1.82) is 0 Å². The first-order chi connectivity index (χ1) is 8.98. The van der Waals surface area contributed by atoms with Gasteiger partial charge >= 0.3 is 0 Å². The normalized spacial score (nSPS) is 21.6. The molecule has 0 saturated heterocycles. The Labute approximate surface area is 117 Å². The number of methoxy groups -OCH3 is 1. The molecule has 0 spiro atoms. The van der Waals surface area contributed by atoms with Gasteiger partial charge in [-0.05, 0) is 60.9 Å². The lowest BCUT2D eigenvalue weighted by molar-refractivity contribution is 0.274. The van der Waals surface area contributed by atoms with Gasteiger partial charge in [0.15, 0.2) is 0 Å². The largest absolute Gasteiger partial charge is 0.496 e. The third-order valence-corrected chi connectivity index (χ3v) is 4.36. The zero-order valence-electron chi connectivity index (χ0n) is 13.0. The second-order valence-corrected chi connectivity index (χ2v) is 6.46. The number of hydrogen-bond donors (Lipinski definition) is 1. The van der Waals surface area contributed by atoms with E-state index in [2.05, 4.69) is 45.1 Å². The van der Waals surface area contributed by atoms with Gasteiger partial charge in [-0.3, -0.25) is 0 Å². The first-order valence-electron chi connectivity index (χ1n) is 7.38. The Morgan fingerprint density at radius 3 is 2.74 bits per heavy atom. The minimum Gasteiger partial charge on any atom is -0.496 e. The minimum absolute atomic E-state index is 0.378. The molecule has 0 aliphatic heterocycles. The lowest BCUT2D eigenvalue weighted by Gasteiger charge is -2.28. The fourth-order valence-corrected chi connectivity index (χ4v) is 3.34. The summed E-state index contributed by atoms with van der Waals surface area (Å²) < 4.78 is 5.59. The van der Waals surface area contributed by atoms with E-state index in [0.717, 1.165) is 18.7 Å². The van der Waals surface area contributed by atoms with Gasteiger partial charge in [0.1, 0.15) is 5.75 Å². The molecule has 0 amide bonds. The third kappa shape index (κ3) is 2.94. The molecule has 1 atom stereocenters. The van der Waals surface area contributed by atoms with Crippen LogP contribution in [0.25, 0.3) is 0 Å². The van der Waals surface area contributed by atoms with E-state index < -0.39 is 0 Å². The highest BCUT2D eigenvalue weighted by atomic mass is 16.5. The van der Waals surface area contributed by atoms with Crippen LogP contribution in [0.2, 0.25) is 0 Å². The zero-order chi connectivity index (χ0) is 14.0. The van der Waals surface area contributed by atoms with Crippen LogP contribution in [0, 0.1) is 12.3 Å². The van der Waals surface area contributed by atoms with Crippen LogP contribution < -0.4 is 10.1 Å². The van der Waals surface area contributed by atoms with Crippen LogP contribution in [-0.2, 0) is 6.42 Å². The first kappa shape index (κ1) is 14.4. The monoisotopic (exact) mass is 261 g/mol. The number of rotatable bonds is 3. The summed E-state index contributed by atoms with van der Waals surface area (Å²) in [6.45, 7) is 10.2. The van der Waals surface area contributed by atoms with Gasteiger partial charge in [-0.1, -0.05) is 26.8 Å². The first-order valence-corrected chi connectivity index (χ1v) is 7.38. The fourth-order valence-electron chi connectivity index (χ4n) is 3.34. The van der Waals surface area contributed by atoms with E-state index in [-0.39, 0.29) is 0 Å². The van der Waals surface area contributed by atoms with Crippen molar-refractivity contribution in [3.05, 3.63) is 28.8 Å². The zero-order valence-corrected chi connectivity index (χ0v) is 13.0. The highest BCUT2D eigenvalue weighted by Crippen LogP contribution is 2.43. The van der Waals surface area contributed by atoms with Crippen LogP contribution in [0.4, 0.5) is 0 Å². The number of nitrogens with one attached hydrogen (secondary N) is 1. The Kier molecular flexibility index (Phi) is 4.19. The second kappa shape index (κ2) is 5.54. The average Bonchev–Trinajstić information content (AvgIpc) is 2.48. The van der Waals surface area contributed by atoms with E-state index in [1.54, 1.807) is 7.11 Å². The van der Waals surface area contributed by atoms with Crippen molar-refractivity contribution in [1.82, 2.24) is 5.32 Å². The number of benzene rings is 1. The molecule has 1 aromatic rings. The molecule has 1 unspecified atom stereocenters. The van der Waals surface area contributed by atoms with Crippen LogP contribution in [0.15, 0.2) is 12.1 Å². The molecule has 1 aliphatic rings. The molecule has 106 valence electrons. The molecule has 19 heavy (non-hydrogen) atoms. The predicted molar refractivity (Wildman–Crippen MR) is 80.9 cm³/mol. The van der Waals surface area contributed by atoms with Crippen molar-refractivity contribution in [2.45, 2.75) is 53.0 Å². The molecule has 2 nitrogen and oxygen atoms in total. The SMILES string of the molecule is CCNC1CC(C)(C)CCc2c(OC)ccc(C)c21. The molecule has 1 N–H and O–H groups in total. The summed E-state index contributed by atoms with van der Waals surface area (Å²) in [7, 11) is 1.78. The summed E-state index contributed by atoms with van der Waals surface area (Å²) in [5.74, 6) is 1.06. The van der Waals surface area contributed by atoms with Gasteiger partial charge in [0.05, 0.1) is 7.11 Å². The van der Waals surface area contributed by atoms with E-state index >= 15 is 0 Å². The Morgan fingerprint density at radius 1 is 1.37 bits per heavy atom. The van der Waals surface area contributed by atoms with Gasteiger partial charge in [0.2, 0.25) is 0 Å². The minimum atomic E-state index is 0.378. The molecular formula is C17H27NO. The molecule has 1 aromatic carbocycles. The molecule has 0 fully saturated rings. The summed E-state index contributed by atoms with van der Waals surface area (Å²) in [5, 5.41) is 3.67.